The number of hydrogen-bond acceptors (Lipinski definition) is 6. The van der Waals surface area contributed by atoms with Crippen LogP contribution in [0.25, 0.3) is 11.3 Å². The summed E-state index contributed by atoms with van der Waals surface area (Å²) >= 11 is 0. The summed E-state index contributed by atoms with van der Waals surface area (Å²) in [5.74, 6) is 1.45. The molecule has 0 radical (unpaired) electrons. The lowest BCUT2D eigenvalue weighted by Gasteiger charge is -2.33. The molecule has 3 aromatic rings. The number of benzene rings is 2. The Kier molecular flexibility index (Phi) is 5.18. The van der Waals surface area contributed by atoms with Crippen LogP contribution in [0.15, 0.2) is 60.7 Å². The fourth-order valence-electron chi connectivity index (χ4n) is 3.24. The molecule has 1 saturated heterocycles. The molecule has 1 aromatic heterocycles. The second-order valence-electron chi connectivity index (χ2n) is 6.91. The van der Waals surface area contributed by atoms with Crippen LogP contribution in [0.2, 0.25) is 0 Å². The van der Waals surface area contributed by atoms with Gasteiger partial charge in [-0.3, -0.25) is 0 Å². The van der Waals surface area contributed by atoms with E-state index in [1.807, 2.05) is 30.3 Å². The minimum absolute atomic E-state index is 0.533. The fourth-order valence-corrected chi connectivity index (χ4v) is 3.24. The number of anilines is 3. The molecule has 1 N–H and O–H groups in total. The lowest BCUT2D eigenvalue weighted by Crippen LogP contribution is -2.44. The van der Waals surface area contributed by atoms with Crippen molar-refractivity contribution in [1.82, 2.24) is 14.9 Å². The van der Waals surface area contributed by atoms with Crippen molar-refractivity contribution in [1.29, 1.82) is 5.26 Å². The summed E-state index contributed by atoms with van der Waals surface area (Å²) in [5.41, 5.74) is 3.33. The van der Waals surface area contributed by atoms with Crippen molar-refractivity contribution >= 4 is 17.5 Å². The van der Waals surface area contributed by atoms with Crippen molar-refractivity contribution in [3.63, 3.8) is 0 Å². The van der Waals surface area contributed by atoms with Crippen LogP contribution < -0.4 is 10.2 Å². The van der Waals surface area contributed by atoms with Crippen LogP contribution in [0, 0.1) is 11.3 Å². The number of hydrogen-bond donors (Lipinski definition) is 1. The molecular formula is C22H22N6. The first-order valence-corrected chi connectivity index (χ1v) is 9.36. The van der Waals surface area contributed by atoms with Crippen molar-refractivity contribution in [2.45, 2.75) is 0 Å². The van der Waals surface area contributed by atoms with E-state index in [0.717, 1.165) is 48.9 Å². The van der Waals surface area contributed by atoms with Crippen LogP contribution in [0.5, 0.6) is 0 Å². The Balaban J connectivity index is 1.70. The lowest BCUT2D eigenvalue weighted by atomic mass is 10.1. The SMILES string of the molecule is CN1CCN(c2cc(-c3ccccc3)nc(Nc3cccc(C#N)c3)n2)CC1. The number of rotatable bonds is 4. The van der Waals surface area contributed by atoms with E-state index >= 15 is 0 Å². The van der Waals surface area contributed by atoms with Gasteiger partial charge in [0.2, 0.25) is 5.95 Å². The van der Waals surface area contributed by atoms with Gasteiger partial charge in [-0.2, -0.15) is 10.2 Å². The van der Waals surface area contributed by atoms with Gasteiger partial charge < -0.3 is 15.1 Å². The number of nitrogens with one attached hydrogen (secondary N) is 1. The molecule has 6 heteroatoms. The maximum absolute atomic E-state index is 9.14. The van der Waals surface area contributed by atoms with Crippen molar-refractivity contribution in [3.05, 3.63) is 66.2 Å². The second kappa shape index (κ2) is 8.07. The first-order valence-electron chi connectivity index (χ1n) is 9.36. The van der Waals surface area contributed by atoms with E-state index in [-0.39, 0.29) is 0 Å². The Bertz CT molecular complexity index is 987. The van der Waals surface area contributed by atoms with Crippen LogP contribution in [0.3, 0.4) is 0 Å². The Hall–Kier alpha value is -3.43. The quantitative estimate of drug-likeness (QED) is 0.758. The highest BCUT2D eigenvalue weighted by Crippen LogP contribution is 2.25. The molecule has 0 amide bonds. The molecular weight excluding hydrogens is 348 g/mol. The fraction of sp³-hybridized carbons (Fsp3) is 0.227. The maximum atomic E-state index is 9.14. The highest BCUT2D eigenvalue weighted by atomic mass is 15.3. The predicted octanol–water partition coefficient (Wildman–Crippen LogP) is 3.51. The summed E-state index contributed by atoms with van der Waals surface area (Å²) in [6, 6.07) is 21.7. The van der Waals surface area contributed by atoms with Crippen molar-refractivity contribution in [3.8, 4) is 17.3 Å². The molecule has 0 spiro atoms. The van der Waals surface area contributed by atoms with E-state index in [4.69, 9.17) is 15.2 Å². The average molecular weight is 370 g/mol. The van der Waals surface area contributed by atoms with Gasteiger partial charge in [-0.15, -0.1) is 0 Å². The van der Waals surface area contributed by atoms with Gasteiger partial charge in [0.1, 0.15) is 5.82 Å². The second-order valence-corrected chi connectivity index (χ2v) is 6.91. The molecule has 1 aliphatic heterocycles. The first-order chi connectivity index (χ1) is 13.7. The molecule has 0 saturated carbocycles. The van der Waals surface area contributed by atoms with Gasteiger partial charge in [0.25, 0.3) is 0 Å². The summed E-state index contributed by atoms with van der Waals surface area (Å²) in [4.78, 5) is 14.1. The lowest BCUT2D eigenvalue weighted by molar-refractivity contribution is 0.312. The van der Waals surface area contributed by atoms with Gasteiger partial charge in [-0.1, -0.05) is 36.4 Å². The molecule has 1 aliphatic rings. The smallest absolute Gasteiger partial charge is 0.229 e. The largest absolute Gasteiger partial charge is 0.354 e. The highest BCUT2D eigenvalue weighted by molar-refractivity contribution is 5.67. The standard InChI is InChI=1S/C22H22N6/c1-27-10-12-28(13-11-27)21-15-20(18-7-3-2-4-8-18)25-22(26-21)24-19-9-5-6-17(14-19)16-23/h2-9,14-15H,10-13H2,1H3,(H,24,25,26). The molecule has 0 aliphatic carbocycles. The third-order valence-electron chi connectivity index (χ3n) is 4.86. The molecule has 140 valence electrons. The molecule has 2 heterocycles. The first kappa shape index (κ1) is 18.0. The zero-order valence-corrected chi connectivity index (χ0v) is 15.8. The van der Waals surface area contributed by atoms with Gasteiger partial charge >= 0.3 is 0 Å². The number of nitriles is 1. The average Bonchev–Trinajstić information content (AvgIpc) is 2.75. The van der Waals surface area contributed by atoms with Gasteiger partial charge in [0.05, 0.1) is 17.3 Å². The Morgan fingerprint density at radius 3 is 2.46 bits per heavy atom. The molecule has 28 heavy (non-hydrogen) atoms. The van der Waals surface area contributed by atoms with Crippen LogP contribution in [0.1, 0.15) is 5.56 Å². The van der Waals surface area contributed by atoms with Crippen LogP contribution in [-0.4, -0.2) is 48.1 Å². The minimum atomic E-state index is 0.533. The molecule has 2 aromatic carbocycles. The Morgan fingerprint density at radius 1 is 0.929 bits per heavy atom. The third kappa shape index (κ3) is 4.11. The molecule has 6 nitrogen and oxygen atoms in total. The van der Waals surface area contributed by atoms with E-state index in [9.17, 15) is 0 Å². The van der Waals surface area contributed by atoms with E-state index in [0.29, 0.717) is 11.5 Å². The summed E-state index contributed by atoms with van der Waals surface area (Å²) in [6.07, 6.45) is 0. The minimum Gasteiger partial charge on any atom is -0.354 e. The topological polar surface area (TPSA) is 68.1 Å². The highest BCUT2D eigenvalue weighted by Gasteiger charge is 2.17. The van der Waals surface area contributed by atoms with E-state index < -0.39 is 0 Å². The van der Waals surface area contributed by atoms with E-state index in [2.05, 4.69) is 46.4 Å². The van der Waals surface area contributed by atoms with Gasteiger partial charge in [0.15, 0.2) is 0 Å². The maximum Gasteiger partial charge on any atom is 0.229 e. The van der Waals surface area contributed by atoms with Crippen LogP contribution >= 0.6 is 0 Å². The van der Waals surface area contributed by atoms with E-state index in [1.165, 1.54) is 0 Å². The summed E-state index contributed by atoms with van der Waals surface area (Å²) < 4.78 is 0. The van der Waals surface area contributed by atoms with Gasteiger partial charge in [-0.25, -0.2) is 4.98 Å². The van der Waals surface area contributed by atoms with Crippen LogP contribution in [0.4, 0.5) is 17.5 Å². The molecule has 0 bridgehead atoms. The molecule has 1 fully saturated rings. The molecule has 0 atom stereocenters. The Morgan fingerprint density at radius 2 is 1.71 bits per heavy atom. The summed E-state index contributed by atoms with van der Waals surface area (Å²) in [6.45, 7) is 3.89. The normalized spacial score (nSPS) is 14.5. The van der Waals surface area contributed by atoms with E-state index in [1.54, 1.807) is 12.1 Å². The van der Waals surface area contributed by atoms with Crippen molar-refractivity contribution in [2.24, 2.45) is 0 Å². The number of likely N-dealkylation sites (N-methyl/N-ethyl adjacent to an activating group) is 1. The Labute approximate surface area is 165 Å². The zero-order valence-electron chi connectivity index (χ0n) is 15.8. The van der Waals surface area contributed by atoms with Gasteiger partial charge in [0, 0.05) is 43.5 Å². The van der Waals surface area contributed by atoms with Crippen LogP contribution in [-0.2, 0) is 0 Å². The molecule has 0 unspecified atom stereocenters. The summed E-state index contributed by atoms with van der Waals surface area (Å²) in [7, 11) is 2.14. The van der Waals surface area contributed by atoms with Crippen molar-refractivity contribution in [2.75, 3.05) is 43.4 Å². The predicted molar refractivity (Wildman–Crippen MR) is 112 cm³/mol. The zero-order chi connectivity index (χ0) is 19.3. The monoisotopic (exact) mass is 370 g/mol. The number of piperazine rings is 1. The number of nitrogens with zero attached hydrogens (tertiary/aromatic N) is 5. The van der Waals surface area contributed by atoms with Gasteiger partial charge in [-0.05, 0) is 25.2 Å². The third-order valence-corrected chi connectivity index (χ3v) is 4.86. The number of aromatic nitrogens is 2. The van der Waals surface area contributed by atoms with Crippen molar-refractivity contribution < 1.29 is 0 Å². The molecule has 4 rings (SSSR count). The summed E-state index contributed by atoms with van der Waals surface area (Å²) in [5, 5.41) is 12.4.